The predicted octanol–water partition coefficient (Wildman–Crippen LogP) is 7.01. The Morgan fingerprint density at radius 3 is 2.81 bits per heavy atom. The number of rotatable bonds is 12. The standard InChI is InChI=1S/C30H42N4O2/c1-7-9-14-23(4)32-17-11-16-27-19-28(35)29(36)21-34(27)24(5)15-10-13-22(3)26-18-25(12-8-2)30(31-6)33-20-26/h7,9-10,13-15,17-18,20-22,27,36H,8,11-12,16,19H2,1-6H3,(H,31,33)/b9-7-,13-10-,23-14-,24-15+,32-17?. The second-order valence-corrected chi connectivity index (χ2v) is 9.18. The third-order valence-corrected chi connectivity index (χ3v) is 6.23. The van der Waals surface area contributed by atoms with Crippen LogP contribution in [0.3, 0.4) is 0 Å². The van der Waals surface area contributed by atoms with Crippen LogP contribution in [0.4, 0.5) is 5.82 Å². The molecule has 1 aromatic rings. The van der Waals surface area contributed by atoms with Gasteiger partial charge in [0.1, 0.15) is 5.82 Å². The summed E-state index contributed by atoms with van der Waals surface area (Å²) in [5.74, 6) is 0.753. The van der Waals surface area contributed by atoms with Crippen molar-refractivity contribution in [2.75, 3.05) is 12.4 Å². The molecule has 194 valence electrons. The number of aliphatic hydroxyl groups excluding tert-OH is 1. The van der Waals surface area contributed by atoms with Crippen molar-refractivity contribution in [1.29, 1.82) is 0 Å². The molecule has 2 unspecified atom stereocenters. The molecule has 6 nitrogen and oxygen atoms in total. The Hall–Kier alpha value is -3.41. The molecule has 0 spiro atoms. The van der Waals surface area contributed by atoms with E-state index in [1.54, 1.807) is 6.20 Å². The zero-order valence-corrected chi connectivity index (χ0v) is 22.7. The van der Waals surface area contributed by atoms with E-state index in [0.29, 0.717) is 6.42 Å². The number of aromatic nitrogens is 1. The molecule has 0 saturated heterocycles. The number of Topliss-reactive ketones (excluding diaryl/α,β-unsaturated/α-hetero) is 1. The Labute approximate surface area is 216 Å². The van der Waals surface area contributed by atoms with E-state index in [1.807, 2.05) is 75.5 Å². The third-order valence-electron chi connectivity index (χ3n) is 6.23. The molecule has 36 heavy (non-hydrogen) atoms. The van der Waals surface area contributed by atoms with Gasteiger partial charge in [0.15, 0.2) is 5.76 Å². The lowest BCUT2D eigenvalue weighted by Gasteiger charge is -2.33. The normalized spacial score (nSPS) is 18.5. The lowest BCUT2D eigenvalue weighted by molar-refractivity contribution is -0.120. The summed E-state index contributed by atoms with van der Waals surface area (Å²) < 4.78 is 0. The highest BCUT2D eigenvalue weighted by Gasteiger charge is 2.27. The highest BCUT2D eigenvalue weighted by molar-refractivity contribution is 5.94. The number of carbonyl (C=O) groups excluding carboxylic acids is 1. The molecule has 2 atom stereocenters. The van der Waals surface area contributed by atoms with Crippen LogP contribution in [-0.4, -0.2) is 40.1 Å². The highest BCUT2D eigenvalue weighted by Crippen LogP contribution is 2.25. The molecule has 6 heteroatoms. The van der Waals surface area contributed by atoms with Gasteiger partial charge in [-0.2, -0.15) is 0 Å². The molecule has 2 heterocycles. The topological polar surface area (TPSA) is 77.8 Å². The summed E-state index contributed by atoms with van der Waals surface area (Å²) in [5, 5.41) is 13.3. The number of carbonyl (C=O) groups is 1. The summed E-state index contributed by atoms with van der Waals surface area (Å²) in [4.78, 5) is 23.2. The average Bonchev–Trinajstić information content (AvgIpc) is 2.87. The van der Waals surface area contributed by atoms with E-state index in [2.05, 4.69) is 41.3 Å². The molecule has 0 amide bonds. The van der Waals surface area contributed by atoms with Crippen molar-refractivity contribution in [2.24, 2.45) is 4.99 Å². The van der Waals surface area contributed by atoms with Crippen LogP contribution in [0.1, 0.15) is 77.3 Å². The first-order valence-electron chi connectivity index (χ1n) is 12.9. The Balaban J connectivity index is 2.11. The minimum Gasteiger partial charge on any atom is -0.503 e. The Morgan fingerprint density at radius 1 is 1.33 bits per heavy atom. The predicted molar refractivity (Wildman–Crippen MR) is 151 cm³/mol. The van der Waals surface area contributed by atoms with Crippen LogP contribution in [0.2, 0.25) is 0 Å². The van der Waals surface area contributed by atoms with Crippen LogP contribution in [0, 0.1) is 0 Å². The minimum absolute atomic E-state index is 0.0170. The first kappa shape index (κ1) is 28.8. The number of allylic oxidation sites excluding steroid dienone is 9. The van der Waals surface area contributed by atoms with E-state index in [0.717, 1.165) is 42.9 Å². The number of aliphatic imine (C=N–C) groups is 1. The molecule has 1 aliphatic rings. The fourth-order valence-corrected chi connectivity index (χ4v) is 4.13. The first-order chi connectivity index (χ1) is 17.3. The molecule has 2 rings (SSSR count). The van der Waals surface area contributed by atoms with Gasteiger partial charge in [-0.25, -0.2) is 4.98 Å². The fourth-order valence-electron chi connectivity index (χ4n) is 4.13. The van der Waals surface area contributed by atoms with Crippen LogP contribution in [0.25, 0.3) is 0 Å². The Bertz CT molecular complexity index is 1060. The van der Waals surface area contributed by atoms with E-state index in [9.17, 15) is 9.90 Å². The summed E-state index contributed by atoms with van der Waals surface area (Å²) in [5.41, 5.74) is 4.33. The van der Waals surface area contributed by atoms with E-state index in [-0.39, 0.29) is 23.5 Å². The third kappa shape index (κ3) is 8.67. The highest BCUT2D eigenvalue weighted by atomic mass is 16.3. The number of nitrogens with zero attached hydrogens (tertiary/aromatic N) is 3. The number of ketones is 1. The van der Waals surface area contributed by atoms with E-state index in [1.165, 1.54) is 11.1 Å². The minimum atomic E-state index is -0.213. The zero-order chi connectivity index (χ0) is 26.5. The second-order valence-electron chi connectivity index (χ2n) is 9.18. The van der Waals surface area contributed by atoms with Crippen LogP contribution >= 0.6 is 0 Å². The molecular weight excluding hydrogens is 448 g/mol. The molecule has 0 fully saturated rings. The molecule has 0 saturated carbocycles. The van der Waals surface area contributed by atoms with Gasteiger partial charge in [-0.05, 0) is 63.3 Å². The van der Waals surface area contributed by atoms with Crippen LogP contribution in [0.15, 0.2) is 77.1 Å². The molecule has 0 aliphatic carbocycles. The number of aliphatic hydroxyl groups is 1. The summed E-state index contributed by atoms with van der Waals surface area (Å²) in [6, 6.07) is 2.22. The maximum atomic E-state index is 12.2. The van der Waals surface area contributed by atoms with Gasteiger partial charge in [0.05, 0.1) is 0 Å². The average molecular weight is 491 g/mol. The van der Waals surface area contributed by atoms with Gasteiger partial charge in [0.25, 0.3) is 0 Å². The van der Waals surface area contributed by atoms with E-state index < -0.39 is 0 Å². The SMILES string of the molecule is C/C=C\C=C(\C)N=CCCC1CC(=O)C(O)=CN1/C(C)=C/C=C\C(C)c1cnc(NC)c(CCC)c1. The zero-order valence-electron chi connectivity index (χ0n) is 22.7. The van der Waals surface area contributed by atoms with Gasteiger partial charge in [0.2, 0.25) is 5.78 Å². The fraction of sp³-hybridized carbons (Fsp3) is 0.433. The van der Waals surface area contributed by atoms with Gasteiger partial charge in [-0.3, -0.25) is 9.79 Å². The summed E-state index contributed by atoms with van der Waals surface area (Å²) in [7, 11) is 1.90. The number of pyridine rings is 1. The van der Waals surface area contributed by atoms with Crippen molar-refractivity contribution in [3.8, 4) is 0 Å². The number of hydrogen-bond donors (Lipinski definition) is 2. The largest absolute Gasteiger partial charge is 0.503 e. The maximum absolute atomic E-state index is 12.2. The summed E-state index contributed by atoms with van der Waals surface area (Å²) >= 11 is 0. The molecule has 0 bridgehead atoms. The van der Waals surface area contributed by atoms with Crippen LogP contribution < -0.4 is 5.32 Å². The van der Waals surface area contributed by atoms with Gasteiger partial charge in [-0.15, -0.1) is 0 Å². The molecule has 0 radical (unpaired) electrons. The monoisotopic (exact) mass is 490 g/mol. The Morgan fingerprint density at radius 2 is 2.11 bits per heavy atom. The lowest BCUT2D eigenvalue weighted by atomic mass is 9.98. The number of anilines is 1. The summed E-state index contributed by atoms with van der Waals surface area (Å²) in [6.45, 7) is 10.3. The maximum Gasteiger partial charge on any atom is 0.200 e. The van der Waals surface area contributed by atoms with Gasteiger partial charge >= 0.3 is 0 Å². The smallest absolute Gasteiger partial charge is 0.200 e. The molecule has 0 aromatic carbocycles. The molecule has 1 aliphatic heterocycles. The Kier molecular flexibility index (Phi) is 11.9. The lowest BCUT2D eigenvalue weighted by Crippen LogP contribution is -2.36. The van der Waals surface area contributed by atoms with Crippen molar-refractivity contribution in [3.05, 3.63) is 83.2 Å². The van der Waals surface area contributed by atoms with Crippen LogP contribution in [-0.2, 0) is 11.2 Å². The van der Waals surface area contributed by atoms with Crippen molar-refractivity contribution < 1.29 is 9.90 Å². The van der Waals surface area contributed by atoms with Crippen molar-refractivity contribution in [1.82, 2.24) is 9.88 Å². The second kappa shape index (κ2) is 14.9. The molecule has 1 aromatic heterocycles. The van der Waals surface area contributed by atoms with Gasteiger partial charge in [-0.1, -0.05) is 50.6 Å². The van der Waals surface area contributed by atoms with Crippen molar-refractivity contribution in [2.45, 2.75) is 78.7 Å². The number of hydrogen-bond acceptors (Lipinski definition) is 6. The van der Waals surface area contributed by atoms with E-state index in [4.69, 9.17) is 0 Å². The first-order valence-corrected chi connectivity index (χ1v) is 12.9. The van der Waals surface area contributed by atoms with Crippen molar-refractivity contribution in [3.63, 3.8) is 0 Å². The summed E-state index contributed by atoms with van der Waals surface area (Å²) in [6.07, 6.45) is 21.4. The quantitative estimate of drug-likeness (QED) is 0.243. The van der Waals surface area contributed by atoms with E-state index >= 15 is 0 Å². The van der Waals surface area contributed by atoms with Crippen molar-refractivity contribution >= 4 is 17.8 Å². The van der Waals surface area contributed by atoms with Gasteiger partial charge in [0, 0.05) is 55.4 Å². The molecular formula is C30H42N4O2. The van der Waals surface area contributed by atoms with Gasteiger partial charge < -0.3 is 15.3 Å². The van der Waals surface area contributed by atoms with Crippen LogP contribution in [0.5, 0.6) is 0 Å². The molecule has 2 N–H and O–H groups in total. The number of nitrogens with one attached hydrogen (secondary N) is 1. The number of aryl methyl sites for hydroxylation is 1.